The molecule has 0 spiro atoms. The van der Waals surface area contributed by atoms with Crippen molar-refractivity contribution in [2.75, 3.05) is 6.79 Å². The first-order chi connectivity index (χ1) is 12.1. The molecule has 0 saturated carbocycles. The number of ether oxygens (including phenoxy) is 2. The maximum atomic E-state index is 12.6. The minimum Gasteiger partial charge on any atom is -0.454 e. The van der Waals surface area contributed by atoms with E-state index in [-0.39, 0.29) is 12.7 Å². The molecule has 6 heteroatoms. The first kappa shape index (κ1) is 15.9. The third-order valence-electron chi connectivity index (χ3n) is 4.44. The van der Waals surface area contributed by atoms with Crippen molar-refractivity contribution < 1.29 is 14.3 Å². The molecule has 5 nitrogen and oxygen atoms in total. The van der Waals surface area contributed by atoms with Crippen LogP contribution in [0.1, 0.15) is 28.4 Å². The molecule has 0 unspecified atom stereocenters. The van der Waals surface area contributed by atoms with Crippen LogP contribution in [0.5, 0.6) is 11.5 Å². The minimum atomic E-state index is -0.225. The zero-order valence-corrected chi connectivity index (χ0v) is 15.1. The number of amides is 1. The molecule has 0 radical (unpaired) electrons. The lowest BCUT2D eigenvalue weighted by atomic mass is 10.1. The predicted molar refractivity (Wildman–Crippen MR) is 97.4 cm³/mol. The highest BCUT2D eigenvalue weighted by atomic mass is 32.1. The van der Waals surface area contributed by atoms with Gasteiger partial charge in [0.25, 0.3) is 5.91 Å². The topological polar surface area (TPSA) is 52.8 Å². The lowest BCUT2D eigenvalue weighted by Crippen LogP contribution is -2.16. The molecule has 25 heavy (non-hydrogen) atoms. The van der Waals surface area contributed by atoms with E-state index in [1.165, 1.54) is 11.3 Å². The Morgan fingerprint density at radius 3 is 2.64 bits per heavy atom. The molecule has 0 saturated heterocycles. The van der Waals surface area contributed by atoms with Gasteiger partial charge < -0.3 is 14.0 Å². The molecule has 0 N–H and O–H groups in total. The second-order valence-electron chi connectivity index (χ2n) is 6.02. The van der Waals surface area contributed by atoms with Gasteiger partial charge in [0.2, 0.25) is 6.79 Å². The van der Waals surface area contributed by atoms with E-state index in [1.54, 1.807) is 0 Å². The number of aryl methyl sites for hydroxylation is 3. The van der Waals surface area contributed by atoms with Crippen molar-refractivity contribution in [3.05, 3.63) is 51.8 Å². The van der Waals surface area contributed by atoms with Crippen LogP contribution in [0.2, 0.25) is 0 Å². The van der Waals surface area contributed by atoms with Gasteiger partial charge in [0.05, 0.1) is 10.2 Å². The number of rotatable bonds is 2. The third kappa shape index (κ3) is 2.72. The van der Waals surface area contributed by atoms with Gasteiger partial charge in [-0.05, 0) is 44.0 Å². The van der Waals surface area contributed by atoms with E-state index >= 15 is 0 Å². The summed E-state index contributed by atoms with van der Waals surface area (Å²) in [7, 11) is 0. The zero-order chi connectivity index (χ0) is 17.6. The van der Waals surface area contributed by atoms with Crippen LogP contribution in [0.3, 0.4) is 0 Å². The van der Waals surface area contributed by atoms with Crippen LogP contribution in [-0.4, -0.2) is 17.3 Å². The average molecular weight is 354 g/mol. The van der Waals surface area contributed by atoms with Gasteiger partial charge >= 0.3 is 0 Å². The van der Waals surface area contributed by atoms with Crippen LogP contribution in [0.25, 0.3) is 10.2 Å². The molecule has 0 fully saturated rings. The molecule has 1 aliphatic rings. The Morgan fingerprint density at radius 1 is 1.16 bits per heavy atom. The van der Waals surface area contributed by atoms with E-state index < -0.39 is 0 Å². The molecule has 3 aromatic rings. The Hall–Kier alpha value is -2.60. The maximum Gasteiger partial charge on any atom is 0.279 e. The summed E-state index contributed by atoms with van der Waals surface area (Å²) in [5, 5.41) is 0. The van der Waals surface area contributed by atoms with Gasteiger partial charge in [-0.1, -0.05) is 17.4 Å². The van der Waals surface area contributed by atoms with Gasteiger partial charge in [-0.3, -0.25) is 4.79 Å². The largest absolute Gasteiger partial charge is 0.454 e. The van der Waals surface area contributed by atoms with Crippen molar-refractivity contribution >= 4 is 27.5 Å². The quantitative estimate of drug-likeness (QED) is 0.703. The monoisotopic (exact) mass is 354 g/mol. The summed E-state index contributed by atoms with van der Waals surface area (Å²) < 4.78 is 14.0. The second-order valence-corrected chi connectivity index (χ2v) is 7.03. The SMILES string of the molecule is CCn1c(=NC(=O)c2ccc(C)c(C)c2)sc2cc3c(cc21)OCO3. The number of carbonyl (C=O) groups excluding carboxylic acids is 1. The van der Waals surface area contributed by atoms with Crippen LogP contribution in [0, 0.1) is 13.8 Å². The van der Waals surface area contributed by atoms with E-state index in [0.29, 0.717) is 10.4 Å². The fourth-order valence-electron chi connectivity index (χ4n) is 2.88. The highest BCUT2D eigenvalue weighted by molar-refractivity contribution is 7.16. The van der Waals surface area contributed by atoms with E-state index in [1.807, 2.05) is 55.7 Å². The molecule has 0 atom stereocenters. The van der Waals surface area contributed by atoms with Crippen molar-refractivity contribution in [2.45, 2.75) is 27.3 Å². The number of fused-ring (bicyclic) bond motifs is 2. The molecule has 0 aliphatic carbocycles. The van der Waals surface area contributed by atoms with Gasteiger partial charge in [-0.15, -0.1) is 0 Å². The maximum absolute atomic E-state index is 12.6. The molecule has 1 aromatic heterocycles. The van der Waals surface area contributed by atoms with E-state index in [0.717, 1.165) is 39.4 Å². The van der Waals surface area contributed by atoms with Gasteiger partial charge in [0, 0.05) is 24.2 Å². The van der Waals surface area contributed by atoms with Gasteiger partial charge in [-0.2, -0.15) is 4.99 Å². The summed E-state index contributed by atoms with van der Waals surface area (Å²) in [4.78, 5) is 17.7. The predicted octanol–water partition coefficient (Wildman–Crippen LogP) is 3.81. The number of benzene rings is 2. The summed E-state index contributed by atoms with van der Waals surface area (Å²) in [5.41, 5.74) is 3.86. The molecule has 1 amide bonds. The summed E-state index contributed by atoms with van der Waals surface area (Å²) in [5.74, 6) is 1.25. The summed E-state index contributed by atoms with van der Waals surface area (Å²) in [6.45, 7) is 7.04. The smallest absolute Gasteiger partial charge is 0.279 e. The Bertz CT molecular complexity index is 1060. The number of hydrogen-bond acceptors (Lipinski definition) is 4. The fraction of sp³-hybridized carbons (Fsp3) is 0.263. The number of aromatic nitrogens is 1. The fourth-order valence-corrected chi connectivity index (χ4v) is 3.98. The van der Waals surface area contributed by atoms with Crippen LogP contribution < -0.4 is 14.3 Å². The lowest BCUT2D eigenvalue weighted by Gasteiger charge is -2.03. The second kappa shape index (κ2) is 6.04. The molecule has 2 heterocycles. The molecule has 0 bridgehead atoms. The van der Waals surface area contributed by atoms with Crippen molar-refractivity contribution in [3.63, 3.8) is 0 Å². The third-order valence-corrected chi connectivity index (χ3v) is 5.49. The standard InChI is InChI=1S/C19H18N2O3S/c1-4-21-14-8-15-16(24-10-23-15)9-17(14)25-19(21)20-18(22)13-6-5-11(2)12(3)7-13/h5-9H,4,10H2,1-3H3. The molecule has 2 aromatic carbocycles. The van der Waals surface area contributed by atoms with Crippen LogP contribution in [0.15, 0.2) is 35.3 Å². The van der Waals surface area contributed by atoms with E-state index in [4.69, 9.17) is 9.47 Å². The van der Waals surface area contributed by atoms with Gasteiger partial charge in [0.15, 0.2) is 16.3 Å². The molecule has 4 rings (SSSR count). The van der Waals surface area contributed by atoms with Crippen LogP contribution in [-0.2, 0) is 6.54 Å². The molecule has 128 valence electrons. The molecular weight excluding hydrogens is 336 g/mol. The molecular formula is C19H18N2O3S. The van der Waals surface area contributed by atoms with Crippen molar-refractivity contribution in [1.82, 2.24) is 4.57 Å². The average Bonchev–Trinajstić information content (AvgIpc) is 3.17. The minimum absolute atomic E-state index is 0.225. The summed E-state index contributed by atoms with van der Waals surface area (Å²) in [6.07, 6.45) is 0. The van der Waals surface area contributed by atoms with Crippen molar-refractivity contribution in [3.8, 4) is 11.5 Å². The normalized spacial score (nSPS) is 13.6. The number of nitrogens with zero attached hydrogens (tertiary/aromatic N) is 2. The lowest BCUT2D eigenvalue weighted by molar-refractivity contribution is 0.0997. The Balaban J connectivity index is 1.83. The van der Waals surface area contributed by atoms with Gasteiger partial charge in [0.1, 0.15) is 0 Å². The first-order valence-corrected chi connectivity index (χ1v) is 8.97. The summed E-state index contributed by atoms with van der Waals surface area (Å²) in [6, 6.07) is 9.58. The van der Waals surface area contributed by atoms with Gasteiger partial charge in [-0.25, -0.2) is 0 Å². The van der Waals surface area contributed by atoms with E-state index in [2.05, 4.69) is 4.99 Å². The highest BCUT2D eigenvalue weighted by Gasteiger charge is 2.17. The number of carbonyl (C=O) groups is 1. The zero-order valence-electron chi connectivity index (χ0n) is 14.3. The highest BCUT2D eigenvalue weighted by Crippen LogP contribution is 2.36. The Morgan fingerprint density at radius 2 is 1.92 bits per heavy atom. The van der Waals surface area contributed by atoms with Crippen molar-refractivity contribution in [2.24, 2.45) is 4.99 Å². The Labute approximate surface area is 149 Å². The van der Waals surface area contributed by atoms with Crippen LogP contribution in [0.4, 0.5) is 0 Å². The first-order valence-electron chi connectivity index (χ1n) is 8.16. The van der Waals surface area contributed by atoms with E-state index in [9.17, 15) is 4.79 Å². The van der Waals surface area contributed by atoms with Crippen LogP contribution >= 0.6 is 11.3 Å². The molecule has 1 aliphatic heterocycles. The van der Waals surface area contributed by atoms with Crippen molar-refractivity contribution in [1.29, 1.82) is 0 Å². The number of hydrogen-bond donors (Lipinski definition) is 0. The Kier molecular flexibility index (Phi) is 3.84. The number of thiazole rings is 1. The summed E-state index contributed by atoms with van der Waals surface area (Å²) >= 11 is 1.48.